The lowest BCUT2D eigenvalue weighted by Gasteiger charge is -2.47. The molecule has 0 spiro atoms. The summed E-state index contributed by atoms with van der Waals surface area (Å²) in [6.07, 6.45) is -2.46. The number of carbonyl (C=O) groups is 1. The van der Waals surface area contributed by atoms with Crippen molar-refractivity contribution in [3.63, 3.8) is 0 Å². The Morgan fingerprint density at radius 3 is 2.67 bits per heavy atom. The number of carbonyl (C=O) groups excluding carboxylic acids is 1. The largest absolute Gasteiger partial charge is 0.401 e. The first-order valence-corrected chi connectivity index (χ1v) is 6.75. The minimum Gasteiger partial charge on any atom is -0.335 e. The summed E-state index contributed by atoms with van der Waals surface area (Å²) in [7, 11) is 0. The van der Waals surface area contributed by atoms with Crippen molar-refractivity contribution in [3.05, 3.63) is 18.0 Å². The molecule has 1 aliphatic rings. The summed E-state index contributed by atoms with van der Waals surface area (Å²) < 4.78 is 37.4. The summed E-state index contributed by atoms with van der Waals surface area (Å²) in [5.41, 5.74) is 0.0779. The van der Waals surface area contributed by atoms with Crippen molar-refractivity contribution < 1.29 is 18.0 Å². The second-order valence-electron chi connectivity index (χ2n) is 5.94. The van der Waals surface area contributed by atoms with E-state index in [-0.39, 0.29) is 25.4 Å². The Balaban J connectivity index is 1.98. The van der Waals surface area contributed by atoms with Gasteiger partial charge in [0.05, 0.1) is 13.0 Å². The number of aromatic amines is 1. The molecule has 0 aromatic carbocycles. The van der Waals surface area contributed by atoms with Gasteiger partial charge in [0.1, 0.15) is 0 Å². The fraction of sp³-hybridized carbons (Fsp3) is 0.692. The van der Waals surface area contributed by atoms with E-state index in [2.05, 4.69) is 10.2 Å². The highest BCUT2D eigenvalue weighted by Gasteiger charge is 2.40. The summed E-state index contributed by atoms with van der Waals surface area (Å²) in [5.74, 6) is -0.101. The quantitative estimate of drug-likeness (QED) is 0.919. The summed E-state index contributed by atoms with van der Waals surface area (Å²) in [5, 5.41) is 6.50. The van der Waals surface area contributed by atoms with E-state index in [9.17, 15) is 18.0 Å². The molecule has 2 heterocycles. The number of hydrogen-bond donors (Lipinski definition) is 1. The predicted molar refractivity (Wildman–Crippen MR) is 70.6 cm³/mol. The lowest BCUT2D eigenvalue weighted by Crippen LogP contribution is -2.62. The van der Waals surface area contributed by atoms with Crippen LogP contribution in [0.25, 0.3) is 0 Å². The van der Waals surface area contributed by atoms with Crippen LogP contribution in [0.3, 0.4) is 0 Å². The number of alkyl halides is 3. The molecule has 118 valence electrons. The van der Waals surface area contributed by atoms with Gasteiger partial charge in [-0.1, -0.05) is 0 Å². The van der Waals surface area contributed by atoms with Crippen molar-refractivity contribution in [2.75, 3.05) is 26.2 Å². The molecule has 0 aliphatic carbocycles. The number of H-pyrrole nitrogens is 1. The SMILES string of the molecule is CC1(C)CN(CC(F)(F)F)CCN1C(=O)Cc1ccn[nH]1. The van der Waals surface area contributed by atoms with Gasteiger partial charge in [0.2, 0.25) is 5.91 Å². The lowest BCUT2D eigenvalue weighted by molar-refractivity contribution is -0.160. The number of aromatic nitrogens is 2. The van der Waals surface area contributed by atoms with Crippen LogP contribution >= 0.6 is 0 Å². The molecule has 1 amide bonds. The summed E-state index contributed by atoms with van der Waals surface area (Å²) >= 11 is 0. The maximum Gasteiger partial charge on any atom is 0.401 e. The number of rotatable bonds is 3. The van der Waals surface area contributed by atoms with Gasteiger partial charge in [-0.3, -0.25) is 14.8 Å². The maximum absolute atomic E-state index is 12.5. The molecule has 0 saturated carbocycles. The third-order valence-corrected chi connectivity index (χ3v) is 3.59. The standard InChI is InChI=1S/C13H19F3N4O/c1-12(2)8-19(9-13(14,15)16)5-6-20(12)11(21)7-10-3-4-17-18-10/h3-4H,5-9H2,1-2H3,(H,17,18). The van der Waals surface area contributed by atoms with Crippen molar-refractivity contribution >= 4 is 5.91 Å². The average Bonchev–Trinajstić information content (AvgIpc) is 2.77. The maximum atomic E-state index is 12.5. The van der Waals surface area contributed by atoms with Crippen LogP contribution < -0.4 is 0 Å². The van der Waals surface area contributed by atoms with Crippen LogP contribution in [0.5, 0.6) is 0 Å². The molecule has 0 unspecified atom stereocenters. The number of amides is 1. The summed E-state index contributed by atoms with van der Waals surface area (Å²) in [4.78, 5) is 15.3. The zero-order valence-electron chi connectivity index (χ0n) is 12.1. The van der Waals surface area contributed by atoms with Gasteiger partial charge >= 0.3 is 6.18 Å². The van der Waals surface area contributed by atoms with E-state index in [1.807, 2.05) is 0 Å². The van der Waals surface area contributed by atoms with E-state index in [0.29, 0.717) is 12.2 Å². The Morgan fingerprint density at radius 2 is 2.14 bits per heavy atom. The Kier molecular flexibility index (Phi) is 4.27. The molecule has 8 heteroatoms. The van der Waals surface area contributed by atoms with E-state index in [0.717, 1.165) is 0 Å². The normalized spacial score (nSPS) is 19.8. The van der Waals surface area contributed by atoms with Crippen LogP contribution in [0.1, 0.15) is 19.5 Å². The summed E-state index contributed by atoms with van der Waals surface area (Å²) in [6.45, 7) is 3.40. The second-order valence-corrected chi connectivity index (χ2v) is 5.94. The van der Waals surface area contributed by atoms with Crippen LogP contribution in [0.2, 0.25) is 0 Å². The highest BCUT2D eigenvalue weighted by Crippen LogP contribution is 2.25. The first kappa shape index (κ1) is 15.8. The highest BCUT2D eigenvalue weighted by atomic mass is 19.4. The Bertz CT molecular complexity index is 484. The monoisotopic (exact) mass is 304 g/mol. The Morgan fingerprint density at radius 1 is 1.43 bits per heavy atom. The van der Waals surface area contributed by atoms with E-state index in [1.54, 1.807) is 31.0 Å². The van der Waals surface area contributed by atoms with Crippen LogP contribution in [0.4, 0.5) is 13.2 Å². The molecule has 1 aromatic heterocycles. The first-order valence-electron chi connectivity index (χ1n) is 6.75. The molecule has 1 aliphatic heterocycles. The van der Waals surface area contributed by atoms with E-state index in [4.69, 9.17) is 0 Å². The molecular weight excluding hydrogens is 285 g/mol. The molecule has 21 heavy (non-hydrogen) atoms. The third-order valence-electron chi connectivity index (χ3n) is 3.59. The molecule has 1 aromatic rings. The topological polar surface area (TPSA) is 52.2 Å². The molecule has 5 nitrogen and oxygen atoms in total. The van der Waals surface area contributed by atoms with Gasteiger partial charge in [0.25, 0.3) is 0 Å². The van der Waals surface area contributed by atoms with Gasteiger partial charge in [-0.05, 0) is 19.9 Å². The Hall–Kier alpha value is -1.57. The van der Waals surface area contributed by atoms with Crippen molar-refractivity contribution in [2.45, 2.75) is 32.0 Å². The fourth-order valence-electron chi connectivity index (χ4n) is 2.75. The molecule has 0 atom stereocenters. The van der Waals surface area contributed by atoms with Crippen molar-refractivity contribution in [1.82, 2.24) is 20.0 Å². The van der Waals surface area contributed by atoms with Gasteiger partial charge in [-0.15, -0.1) is 0 Å². The van der Waals surface area contributed by atoms with E-state index >= 15 is 0 Å². The molecule has 0 bridgehead atoms. The average molecular weight is 304 g/mol. The molecule has 1 N–H and O–H groups in total. The van der Waals surface area contributed by atoms with Crippen LogP contribution in [0.15, 0.2) is 12.3 Å². The number of piperazine rings is 1. The van der Waals surface area contributed by atoms with Crippen LogP contribution in [-0.4, -0.2) is 63.8 Å². The molecular formula is C13H19F3N4O. The number of nitrogens with zero attached hydrogens (tertiary/aromatic N) is 3. The second kappa shape index (κ2) is 5.67. The van der Waals surface area contributed by atoms with E-state index < -0.39 is 18.3 Å². The number of hydrogen-bond acceptors (Lipinski definition) is 3. The molecule has 1 fully saturated rings. The van der Waals surface area contributed by atoms with Gasteiger partial charge in [-0.2, -0.15) is 18.3 Å². The summed E-state index contributed by atoms with van der Waals surface area (Å²) in [6, 6.07) is 1.71. The van der Waals surface area contributed by atoms with Gasteiger partial charge < -0.3 is 4.90 Å². The van der Waals surface area contributed by atoms with Crippen LogP contribution in [-0.2, 0) is 11.2 Å². The minimum absolute atomic E-state index is 0.101. The Labute approximate surface area is 121 Å². The highest BCUT2D eigenvalue weighted by molar-refractivity contribution is 5.79. The van der Waals surface area contributed by atoms with Crippen molar-refractivity contribution in [1.29, 1.82) is 0 Å². The minimum atomic E-state index is -4.21. The predicted octanol–water partition coefficient (Wildman–Crippen LogP) is 1.44. The number of halogens is 3. The van der Waals surface area contributed by atoms with E-state index in [1.165, 1.54) is 4.90 Å². The van der Waals surface area contributed by atoms with Crippen molar-refractivity contribution in [2.24, 2.45) is 0 Å². The molecule has 0 radical (unpaired) electrons. The first-order chi connectivity index (χ1) is 9.67. The van der Waals surface area contributed by atoms with Gasteiger partial charge in [0.15, 0.2) is 0 Å². The fourth-order valence-corrected chi connectivity index (χ4v) is 2.75. The lowest BCUT2D eigenvalue weighted by atomic mass is 9.98. The van der Waals surface area contributed by atoms with Crippen LogP contribution in [0, 0.1) is 0 Å². The molecule has 2 rings (SSSR count). The zero-order valence-corrected chi connectivity index (χ0v) is 12.1. The van der Waals surface area contributed by atoms with Gasteiger partial charge in [-0.25, -0.2) is 0 Å². The van der Waals surface area contributed by atoms with Crippen molar-refractivity contribution in [3.8, 4) is 0 Å². The van der Waals surface area contributed by atoms with Gasteiger partial charge in [0, 0.05) is 37.1 Å². The third kappa shape index (κ3) is 4.20. The zero-order chi connectivity index (χ0) is 15.7. The molecule has 1 saturated heterocycles. The smallest absolute Gasteiger partial charge is 0.335 e. The number of nitrogens with one attached hydrogen (secondary N) is 1.